The molecule has 2 saturated heterocycles. The third kappa shape index (κ3) is 1.80. The van der Waals surface area contributed by atoms with Crippen molar-refractivity contribution >= 4 is 5.97 Å². The average molecular weight is 273 g/mol. The van der Waals surface area contributed by atoms with E-state index in [2.05, 4.69) is 24.9 Å². The minimum Gasteiger partial charge on any atom is -0.478 e. The molecule has 2 unspecified atom stereocenters. The molecule has 20 heavy (non-hydrogen) atoms. The molecule has 1 N–H and O–H groups in total. The van der Waals surface area contributed by atoms with Crippen molar-refractivity contribution in [3.63, 3.8) is 0 Å². The molecular weight excluding hydrogens is 250 g/mol. The molecule has 0 saturated carbocycles. The summed E-state index contributed by atoms with van der Waals surface area (Å²) in [5.74, 6) is -0.788. The van der Waals surface area contributed by atoms with E-state index in [0.29, 0.717) is 11.6 Å². The smallest absolute Gasteiger partial charge is 0.336 e. The summed E-state index contributed by atoms with van der Waals surface area (Å²) in [6.07, 6.45) is 5.85. The number of fused-ring (bicyclic) bond motifs is 2. The quantitative estimate of drug-likeness (QED) is 0.897. The van der Waals surface area contributed by atoms with Crippen molar-refractivity contribution in [1.29, 1.82) is 0 Å². The topological polar surface area (TPSA) is 40.5 Å². The summed E-state index contributed by atoms with van der Waals surface area (Å²) in [4.78, 5) is 14.2. The van der Waals surface area contributed by atoms with Gasteiger partial charge in [0, 0.05) is 11.6 Å². The van der Waals surface area contributed by atoms with Gasteiger partial charge in [-0.3, -0.25) is 4.90 Å². The third-order valence-corrected chi connectivity index (χ3v) is 5.42. The molecule has 3 rings (SSSR count). The molecule has 2 atom stereocenters. The number of nitrogens with zero attached hydrogens (tertiary/aromatic N) is 1. The summed E-state index contributed by atoms with van der Waals surface area (Å²) in [5, 5.41) is 9.64. The maximum absolute atomic E-state index is 11.7. The monoisotopic (exact) mass is 273 g/mol. The van der Waals surface area contributed by atoms with E-state index in [0.717, 1.165) is 29.5 Å². The van der Waals surface area contributed by atoms with Gasteiger partial charge in [0.1, 0.15) is 0 Å². The molecular formula is C17H23NO2. The zero-order valence-corrected chi connectivity index (χ0v) is 12.6. The molecule has 2 aliphatic heterocycles. The van der Waals surface area contributed by atoms with Crippen LogP contribution in [0, 0.1) is 13.8 Å². The Kier molecular flexibility index (Phi) is 3.13. The summed E-state index contributed by atoms with van der Waals surface area (Å²) in [6.45, 7) is 4.04. The fourth-order valence-electron chi connectivity index (χ4n) is 4.57. The van der Waals surface area contributed by atoms with Crippen LogP contribution >= 0.6 is 0 Å². The lowest BCUT2D eigenvalue weighted by Gasteiger charge is -2.44. The predicted octanol–water partition coefficient (Wildman–Crippen LogP) is 3.48. The van der Waals surface area contributed by atoms with Gasteiger partial charge in [-0.2, -0.15) is 0 Å². The SMILES string of the molecule is Cc1cc(C)c(C23CCCC(CC2)N3C)c(C(=O)O)c1. The van der Waals surface area contributed by atoms with Crippen molar-refractivity contribution in [2.45, 2.75) is 57.5 Å². The van der Waals surface area contributed by atoms with Crippen LogP contribution in [0.4, 0.5) is 0 Å². The molecule has 0 aliphatic carbocycles. The van der Waals surface area contributed by atoms with Crippen molar-refractivity contribution < 1.29 is 9.90 Å². The van der Waals surface area contributed by atoms with Gasteiger partial charge in [-0.1, -0.05) is 6.07 Å². The second-order valence-corrected chi connectivity index (χ2v) is 6.54. The number of carboxylic acid groups (broad SMARTS) is 1. The highest BCUT2D eigenvalue weighted by Crippen LogP contribution is 2.51. The van der Waals surface area contributed by atoms with Gasteiger partial charge in [-0.15, -0.1) is 0 Å². The fourth-order valence-corrected chi connectivity index (χ4v) is 4.57. The van der Waals surface area contributed by atoms with E-state index in [1.807, 2.05) is 13.0 Å². The van der Waals surface area contributed by atoms with E-state index in [9.17, 15) is 9.90 Å². The largest absolute Gasteiger partial charge is 0.478 e. The molecule has 1 aromatic carbocycles. The number of aromatic carboxylic acids is 1. The van der Waals surface area contributed by atoms with Crippen LogP contribution in [0.25, 0.3) is 0 Å². The number of hydrogen-bond donors (Lipinski definition) is 1. The van der Waals surface area contributed by atoms with Crippen LogP contribution in [-0.4, -0.2) is 29.1 Å². The van der Waals surface area contributed by atoms with Crippen molar-refractivity contribution in [2.75, 3.05) is 7.05 Å². The van der Waals surface area contributed by atoms with E-state index >= 15 is 0 Å². The van der Waals surface area contributed by atoms with Crippen LogP contribution in [-0.2, 0) is 5.54 Å². The Morgan fingerprint density at radius 2 is 2.05 bits per heavy atom. The molecule has 0 amide bonds. The van der Waals surface area contributed by atoms with Gasteiger partial charge in [0.05, 0.1) is 5.56 Å². The molecule has 108 valence electrons. The lowest BCUT2D eigenvalue weighted by molar-refractivity contribution is 0.0647. The Labute approximate surface area is 120 Å². The van der Waals surface area contributed by atoms with Crippen LogP contribution in [0.5, 0.6) is 0 Å². The number of piperidine rings is 1. The number of carbonyl (C=O) groups is 1. The lowest BCUT2D eigenvalue weighted by Crippen LogP contribution is -2.46. The lowest BCUT2D eigenvalue weighted by atomic mass is 9.77. The van der Waals surface area contributed by atoms with Crippen molar-refractivity contribution in [2.24, 2.45) is 0 Å². The fraction of sp³-hybridized carbons (Fsp3) is 0.588. The number of hydrogen-bond acceptors (Lipinski definition) is 2. The van der Waals surface area contributed by atoms with Gasteiger partial charge in [-0.05, 0) is 75.8 Å². The Bertz CT molecular complexity index is 562. The van der Waals surface area contributed by atoms with Gasteiger partial charge in [-0.25, -0.2) is 4.79 Å². The Morgan fingerprint density at radius 3 is 2.75 bits per heavy atom. The Balaban J connectivity index is 2.21. The van der Waals surface area contributed by atoms with Gasteiger partial charge >= 0.3 is 5.97 Å². The highest BCUT2D eigenvalue weighted by Gasteiger charge is 2.49. The van der Waals surface area contributed by atoms with Crippen molar-refractivity contribution in [3.05, 3.63) is 34.4 Å². The number of carboxylic acids is 1. The molecule has 2 fully saturated rings. The first-order chi connectivity index (χ1) is 9.45. The number of rotatable bonds is 2. The van der Waals surface area contributed by atoms with Gasteiger partial charge in [0.2, 0.25) is 0 Å². The van der Waals surface area contributed by atoms with E-state index < -0.39 is 5.97 Å². The van der Waals surface area contributed by atoms with E-state index in [1.54, 1.807) is 0 Å². The zero-order valence-electron chi connectivity index (χ0n) is 12.6. The molecule has 0 radical (unpaired) electrons. The van der Waals surface area contributed by atoms with Crippen LogP contribution in [0.15, 0.2) is 12.1 Å². The first kappa shape index (κ1) is 13.6. The summed E-state index contributed by atoms with van der Waals surface area (Å²) in [6, 6.07) is 4.60. The van der Waals surface area contributed by atoms with Crippen LogP contribution in [0.1, 0.15) is 59.2 Å². The number of aryl methyl sites for hydroxylation is 2. The molecule has 2 bridgehead atoms. The normalized spacial score (nSPS) is 29.6. The maximum Gasteiger partial charge on any atom is 0.336 e. The van der Waals surface area contributed by atoms with Gasteiger partial charge in [0.25, 0.3) is 0 Å². The minimum absolute atomic E-state index is 0.0472. The van der Waals surface area contributed by atoms with Crippen molar-refractivity contribution in [3.8, 4) is 0 Å². The summed E-state index contributed by atoms with van der Waals surface area (Å²) in [7, 11) is 2.18. The second-order valence-electron chi connectivity index (χ2n) is 6.54. The number of benzene rings is 1. The summed E-state index contributed by atoms with van der Waals surface area (Å²) in [5.41, 5.74) is 3.70. The van der Waals surface area contributed by atoms with E-state index in [1.165, 1.54) is 19.3 Å². The highest BCUT2D eigenvalue weighted by molar-refractivity contribution is 5.90. The molecule has 0 aromatic heterocycles. The summed E-state index contributed by atoms with van der Waals surface area (Å²) >= 11 is 0. The Morgan fingerprint density at radius 1 is 1.30 bits per heavy atom. The molecule has 1 aromatic rings. The van der Waals surface area contributed by atoms with Gasteiger partial charge in [0.15, 0.2) is 0 Å². The van der Waals surface area contributed by atoms with Gasteiger partial charge < -0.3 is 5.11 Å². The maximum atomic E-state index is 11.7. The molecule has 3 heteroatoms. The van der Waals surface area contributed by atoms with Crippen LogP contribution in [0.2, 0.25) is 0 Å². The van der Waals surface area contributed by atoms with Crippen LogP contribution < -0.4 is 0 Å². The average Bonchev–Trinajstić information content (AvgIpc) is 2.59. The first-order valence-electron chi connectivity index (χ1n) is 7.54. The predicted molar refractivity (Wildman–Crippen MR) is 79.2 cm³/mol. The highest BCUT2D eigenvalue weighted by atomic mass is 16.4. The standard InChI is InChI=1S/C17H23NO2/c1-11-9-12(2)15(14(10-11)16(19)20)17-7-4-5-13(6-8-17)18(17)3/h9-10,13H,4-8H2,1-3H3,(H,19,20). The summed E-state index contributed by atoms with van der Waals surface area (Å²) < 4.78 is 0. The van der Waals surface area contributed by atoms with E-state index in [-0.39, 0.29) is 5.54 Å². The van der Waals surface area contributed by atoms with E-state index in [4.69, 9.17) is 0 Å². The second kappa shape index (κ2) is 4.59. The molecule has 2 heterocycles. The Hall–Kier alpha value is -1.35. The van der Waals surface area contributed by atoms with Crippen molar-refractivity contribution in [1.82, 2.24) is 4.90 Å². The molecule has 3 nitrogen and oxygen atoms in total. The first-order valence-corrected chi connectivity index (χ1v) is 7.54. The molecule has 2 aliphatic rings. The minimum atomic E-state index is -0.788. The zero-order chi connectivity index (χ0) is 14.5. The van der Waals surface area contributed by atoms with Crippen LogP contribution in [0.3, 0.4) is 0 Å². The molecule has 0 spiro atoms. The third-order valence-electron chi connectivity index (χ3n) is 5.42.